The predicted molar refractivity (Wildman–Crippen MR) is 201 cm³/mol. The van der Waals surface area contributed by atoms with E-state index in [4.69, 9.17) is 9.97 Å². The second-order valence-corrected chi connectivity index (χ2v) is 16.6. The predicted octanol–water partition coefficient (Wildman–Crippen LogP) is 7.89. The fourth-order valence-corrected chi connectivity index (χ4v) is 13.5. The molecule has 1 aromatic heterocycles. The highest BCUT2D eigenvalue weighted by atomic mass is 28.3. The first kappa shape index (κ1) is 27.2. The second kappa shape index (κ2) is 10.6. The van der Waals surface area contributed by atoms with E-state index in [2.05, 4.69) is 170 Å². The molecule has 1 unspecified atom stereocenters. The fraction of sp³-hybridized carbons (Fsp3) is 0.0222. The Morgan fingerprint density at radius 2 is 1.08 bits per heavy atom. The summed E-state index contributed by atoms with van der Waals surface area (Å²) in [5.74, 6) is 0.775. The monoisotopic (exact) mass is 626 g/mol. The van der Waals surface area contributed by atoms with E-state index in [-0.39, 0.29) is 0 Å². The third-order valence-electron chi connectivity index (χ3n) is 10.4. The molecule has 1 atom stereocenters. The molecule has 0 amide bonds. The van der Waals surface area contributed by atoms with Crippen molar-refractivity contribution in [2.75, 3.05) is 0 Å². The van der Waals surface area contributed by atoms with E-state index in [1.807, 2.05) is 0 Å². The molecule has 10 rings (SSSR count). The molecule has 0 radical (unpaired) electrons. The molecule has 224 valence electrons. The van der Waals surface area contributed by atoms with Crippen LogP contribution in [0.5, 0.6) is 0 Å². The minimum Gasteiger partial charge on any atom is -0.228 e. The lowest BCUT2D eigenvalue weighted by Crippen LogP contribution is -2.72. The van der Waals surface area contributed by atoms with Gasteiger partial charge in [-0.3, -0.25) is 0 Å². The zero-order chi connectivity index (χ0) is 31.7. The van der Waals surface area contributed by atoms with Gasteiger partial charge < -0.3 is 0 Å². The van der Waals surface area contributed by atoms with Crippen LogP contribution in [-0.2, 0) is 6.42 Å². The molecule has 8 aromatic rings. The van der Waals surface area contributed by atoms with E-state index in [0.29, 0.717) is 0 Å². The Morgan fingerprint density at radius 3 is 1.94 bits per heavy atom. The maximum atomic E-state index is 5.38. The first-order valence-corrected chi connectivity index (χ1v) is 18.6. The van der Waals surface area contributed by atoms with Crippen LogP contribution in [0, 0.1) is 0 Å². The van der Waals surface area contributed by atoms with Gasteiger partial charge in [0.1, 0.15) is 0 Å². The molecule has 0 spiro atoms. The minimum atomic E-state index is -2.72. The number of fused-ring (bicyclic) bond motifs is 7. The topological polar surface area (TPSA) is 25.8 Å². The number of hydrogen-bond donors (Lipinski definition) is 0. The van der Waals surface area contributed by atoms with Gasteiger partial charge in [-0.05, 0) is 48.2 Å². The average Bonchev–Trinajstić information content (AvgIpc) is 3.68. The van der Waals surface area contributed by atoms with Crippen LogP contribution in [0.15, 0.2) is 170 Å². The number of hydrogen-bond acceptors (Lipinski definition) is 2. The molecule has 1 aliphatic heterocycles. The average molecular weight is 627 g/mol. The molecule has 0 N–H and O–H groups in total. The molecule has 3 heteroatoms. The Bertz CT molecular complexity index is 2540. The molecular weight excluding hydrogens is 597 g/mol. The highest BCUT2D eigenvalue weighted by molar-refractivity contribution is 7.22. The van der Waals surface area contributed by atoms with Crippen molar-refractivity contribution >= 4 is 39.6 Å². The van der Waals surface area contributed by atoms with Gasteiger partial charge in [-0.1, -0.05) is 170 Å². The summed E-state index contributed by atoms with van der Waals surface area (Å²) in [5.41, 5.74) is 10.6. The van der Waals surface area contributed by atoms with E-state index in [1.54, 1.807) is 0 Å². The number of benzene rings is 7. The van der Waals surface area contributed by atoms with Gasteiger partial charge in [0, 0.05) is 28.7 Å². The second-order valence-electron chi connectivity index (χ2n) is 12.9. The number of nitrogens with zero attached hydrogens (tertiary/aromatic N) is 2. The third-order valence-corrected chi connectivity index (χ3v) is 15.2. The van der Waals surface area contributed by atoms with Crippen LogP contribution >= 0.6 is 0 Å². The van der Waals surface area contributed by atoms with Crippen molar-refractivity contribution in [3.05, 3.63) is 181 Å². The van der Waals surface area contributed by atoms with Crippen molar-refractivity contribution in [1.29, 1.82) is 0 Å². The Labute approximate surface area is 281 Å². The molecular formula is C45H30N2Si. The summed E-state index contributed by atoms with van der Waals surface area (Å²) in [7, 11) is -2.72. The summed E-state index contributed by atoms with van der Waals surface area (Å²) in [6.07, 6.45) is 0.849. The van der Waals surface area contributed by atoms with Crippen LogP contribution in [0.25, 0.3) is 55.8 Å². The first-order valence-electron chi connectivity index (χ1n) is 16.6. The summed E-state index contributed by atoms with van der Waals surface area (Å²) < 4.78 is 0. The summed E-state index contributed by atoms with van der Waals surface area (Å²) in [6.45, 7) is 0. The van der Waals surface area contributed by atoms with E-state index < -0.39 is 8.07 Å². The molecule has 0 bridgehead atoms. The van der Waals surface area contributed by atoms with Crippen molar-refractivity contribution in [3.63, 3.8) is 0 Å². The number of aromatic nitrogens is 2. The Hall–Kier alpha value is -5.90. The van der Waals surface area contributed by atoms with Crippen LogP contribution in [0.2, 0.25) is 0 Å². The number of rotatable bonds is 4. The minimum absolute atomic E-state index is 0.775. The van der Waals surface area contributed by atoms with E-state index in [9.17, 15) is 0 Å². The van der Waals surface area contributed by atoms with Crippen LogP contribution in [-0.4, -0.2) is 18.0 Å². The highest BCUT2D eigenvalue weighted by Gasteiger charge is 2.48. The van der Waals surface area contributed by atoms with Crippen molar-refractivity contribution in [2.24, 2.45) is 0 Å². The van der Waals surface area contributed by atoms with E-state index in [0.717, 1.165) is 34.8 Å². The Kier molecular flexibility index (Phi) is 5.99. The maximum Gasteiger partial charge on any atom is 0.180 e. The van der Waals surface area contributed by atoms with Gasteiger partial charge in [-0.15, -0.1) is 0 Å². The van der Waals surface area contributed by atoms with Gasteiger partial charge in [0.15, 0.2) is 13.9 Å². The summed E-state index contributed by atoms with van der Waals surface area (Å²) in [6, 6.07) is 62.4. The molecule has 0 saturated carbocycles. The lowest BCUT2D eigenvalue weighted by Gasteiger charge is -2.31. The molecule has 2 nitrogen and oxygen atoms in total. The molecule has 1 aliphatic carbocycles. The standard InChI is InChI=1S/C45H30N2Si/c1-3-14-31(15-4-1)43-40-28-33-17-9-10-20-37(33)44(40)47-45(46-43)34-24-26-39-38-21-11-12-22-41(38)48(42(39)29-34,35-18-5-2-6-19-35)36-25-23-30-13-7-8-16-32(30)27-36/h1-27,29H,28H2. The zero-order valence-electron chi connectivity index (χ0n) is 26.3. The van der Waals surface area contributed by atoms with Crippen molar-refractivity contribution < 1.29 is 0 Å². The van der Waals surface area contributed by atoms with Crippen LogP contribution in [0.1, 0.15) is 11.1 Å². The quantitative estimate of drug-likeness (QED) is 0.186. The molecule has 48 heavy (non-hydrogen) atoms. The van der Waals surface area contributed by atoms with Gasteiger partial charge >= 0.3 is 0 Å². The maximum absolute atomic E-state index is 5.38. The lowest BCUT2D eigenvalue weighted by molar-refractivity contribution is 1.13. The normalized spacial score (nSPS) is 15.5. The summed E-state index contributed by atoms with van der Waals surface area (Å²) in [5, 5.41) is 8.15. The fourth-order valence-electron chi connectivity index (χ4n) is 8.25. The van der Waals surface area contributed by atoms with Crippen LogP contribution in [0.4, 0.5) is 0 Å². The SMILES string of the molecule is c1ccc(-c2nc(-c3ccc4c(c3)[Si](c3ccccc3)(c3ccc5ccccc5c3)c3ccccc3-4)nc3c2Cc2ccccc2-3)cc1. The van der Waals surface area contributed by atoms with Crippen molar-refractivity contribution in [2.45, 2.75) is 6.42 Å². The Balaban J connectivity index is 1.26. The molecule has 0 fully saturated rings. The molecule has 2 aliphatic rings. The van der Waals surface area contributed by atoms with Crippen LogP contribution < -0.4 is 20.7 Å². The van der Waals surface area contributed by atoms with Crippen molar-refractivity contribution in [3.8, 4) is 45.0 Å². The summed E-state index contributed by atoms with van der Waals surface area (Å²) in [4.78, 5) is 10.7. The first-order chi connectivity index (χ1) is 23.8. The van der Waals surface area contributed by atoms with Gasteiger partial charge in [0.05, 0.1) is 11.4 Å². The third kappa shape index (κ3) is 3.92. The zero-order valence-corrected chi connectivity index (χ0v) is 27.3. The van der Waals surface area contributed by atoms with Gasteiger partial charge in [0.25, 0.3) is 0 Å². The highest BCUT2D eigenvalue weighted by Crippen LogP contribution is 2.41. The molecule has 0 saturated heterocycles. The van der Waals surface area contributed by atoms with Crippen molar-refractivity contribution in [1.82, 2.24) is 9.97 Å². The Morgan fingerprint density at radius 1 is 0.417 bits per heavy atom. The smallest absolute Gasteiger partial charge is 0.180 e. The molecule has 7 aromatic carbocycles. The largest absolute Gasteiger partial charge is 0.228 e. The van der Waals surface area contributed by atoms with Crippen LogP contribution in [0.3, 0.4) is 0 Å². The molecule has 2 heterocycles. The van der Waals surface area contributed by atoms with Gasteiger partial charge in [-0.25, -0.2) is 9.97 Å². The summed E-state index contributed by atoms with van der Waals surface area (Å²) >= 11 is 0. The van der Waals surface area contributed by atoms with Gasteiger partial charge in [0.2, 0.25) is 0 Å². The van der Waals surface area contributed by atoms with E-state index >= 15 is 0 Å². The van der Waals surface area contributed by atoms with E-state index in [1.165, 1.54) is 59.3 Å². The lowest BCUT2D eigenvalue weighted by atomic mass is 10.0. The van der Waals surface area contributed by atoms with Gasteiger partial charge in [-0.2, -0.15) is 0 Å².